The lowest BCUT2D eigenvalue weighted by molar-refractivity contribution is 0.568. The minimum Gasteiger partial charge on any atom is -0.155 e. The monoisotopic (exact) mass is 516 g/mol. The van der Waals surface area contributed by atoms with E-state index < -0.39 is 0 Å². The first kappa shape index (κ1) is 32.0. The second kappa shape index (κ2) is 22.7. The van der Waals surface area contributed by atoms with Crippen LogP contribution in [0.5, 0.6) is 0 Å². The standard InChI is InChI=1S/C36H56N2/c1-3-5-7-9-11-13-15-17-25-31-35(33-27-21-19-22-28-33)37-38-36(34-29-23-20-24-30-34)32-26-18-16-14-12-10-8-6-4-2/h19-24,27-30H,3-18,25-26,31-32H2,1-2H3/b37-35+,38-36+. The molecule has 0 saturated carbocycles. The zero-order valence-electron chi connectivity index (χ0n) is 24.8. The quantitative estimate of drug-likeness (QED) is 0.0797. The molecule has 0 bridgehead atoms. The van der Waals surface area contributed by atoms with Gasteiger partial charge in [0.1, 0.15) is 0 Å². The summed E-state index contributed by atoms with van der Waals surface area (Å²) in [7, 11) is 0. The Labute approximate surface area is 235 Å². The fourth-order valence-corrected chi connectivity index (χ4v) is 5.09. The van der Waals surface area contributed by atoms with Crippen LogP contribution < -0.4 is 0 Å². The zero-order chi connectivity index (χ0) is 26.9. The lowest BCUT2D eigenvalue weighted by Crippen LogP contribution is -2.04. The van der Waals surface area contributed by atoms with Crippen LogP contribution in [0, 0.1) is 0 Å². The molecule has 2 aromatic carbocycles. The van der Waals surface area contributed by atoms with Gasteiger partial charge in [-0.1, -0.05) is 177 Å². The van der Waals surface area contributed by atoms with Gasteiger partial charge in [0.05, 0.1) is 11.4 Å². The molecule has 0 spiro atoms. The average molecular weight is 517 g/mol. The van der Waals surface area contributed by atoms with Gasteiger partial charge in [-0.05, 0) is 36.8 Å². The molecule has 2 aromatic rings. The van der Waals surface area contributed by atoms with Crippen molar-refractivity contribution >= 4 is 11.4 Å². The topological polar surface area (TPSA) is 24.7 Å². The summed E-state index contributed by atoms with van der Waals surface area (Å²) in [6.45, 7) is 4.58. The average Bonchev–Trinajstić information content (AvgIpc) is 2.96. The third kappa shape index (κ3) is 15.3. The van der Waals surface area contributed by atoms with Gasteiger partial charge >= 0.3 is 0 Å². The van der Waals surface area contributed by atoms with E-state index in [1.54, 1.807) is 0 Å². The Balaban J connectivity index is 1.92. The van der Waals surface area contributed by atoms with Crippen LogP contribution in [0.3, 0.4) is 0 Å². The largest absolute Gasteiger partial charge is 0.155 e. The third-order valence-electron chi connectivity index (χ3n) is 7.54. The molecule has 2 rings (SSSR count). The van der Waals surface area contributed by atoms with Gasteiger partial charge in [0.25, 0.3) is 0 Å². The van der Waals surface area contributed by atoms with Crippen molar-refractivity contribution in [2.75, 3.05) is 0 Å². The molecule has 0 amide bonds. The summed E-state index contributed by atoms with van der Waals surface area (Å²) >= 11 is 0. The summed E-state index contributed by atoms with van der Waals surface area (Å²) in [5.41, 5.74) is 4.70. The van der Waals surface area contributed by atoms with Crippen molar-refractivity contribution in [3.05, 3.63) is 71.8 Å². The number of hydrogen-bond donors (Lipinski definition) is 0. The predicted octanol–water partition coefficient (Wildman–Crippen LogP) is 11.7. The number of hydrogen-bond acceptors (Lipinski definition) is 2. The van der Waals surface area contributed by atoms with E-state index in [1.165, 1.54) is 127 Å². The summed E-state index contributed by atoms with van der Waals surface area (Å²) in [6, 6.07) is 21.4. The normalized spacial score (nSPS) is 12.3. The smallest absolute Gasteiger partial charge is 0.0702 e. The summed E-state index contributed by atoms with van der Waals surface area (Å²) in [4.78, 5) is 0. The summed E-state index contributed by atoms with van der Waals surface area (Å²) in [5, 5.41) is 9.80. The summed E-state index contributed by atoms with van der Waals surface area (Å²) in [6.07, 6.45) is 26.2. The zero-order valence-corrected chi connectivity index (χ0v) is 24.8. The van der Waals surface area contributed by atoms with E-state index in [2.05, 4.69) is 74.5 Å². The van der Waals surface area contributed by atoms with Gasteiger partial charge in [-0.15, -0.1) is 0 Å². The maximum absolute atomic E-state index is 4.90. The Hall–Kier alpha value is -2.22. The highest BCUT2D eigenvalue weighted by atomic mass is 15.2. The second-order valence-corrected chi connectivity index (χ2v) is 11.0. The molecule has 0 radical (unpaired) electrons. The van der Waals surface area contributed by atoms with E-state index >= 15 is 0 Å². The minimum atomic E-state index is 1.00. The van der Waals surface area contributed by atoms with Crippen LogP contribution in [0.25, 0.3) is 0 Å². The summed E-state index contributed by atoms with van der Waals surface area (Å²) < 4.78 is 0. The molecule has 0 aliphatic rings. The van der Waals surface area contributed by atoms with E-state index in [1.807, 2.05) is 0 Å². The number of unbranched alkanes of at least 4 members (excludes halogenated alkanes) is 16. The fourth-order valence-electron chi connectivity index (χ4n) is 5.09. The van der Waals surface area contributed by atoms with Crippen molar-refractivity contribution < 1.29 is 0 Å². The molecule has 2 nitrogen and oxygen atoms in total. The van der Waals surface area contributed by atoms with Crippen molar-refractivity contribution in [3.63, 3.8) is 0 Å². The van der Waals surface area contributed by atoms with Gasteiger partial charge in [0.2, 0.25) is 0 Å². The Morgan fingerprint density at radius 3 is 1.00 bits per heavy atom. The summed E-state index contributed by atoms with van der Waals surface area (Å²) in [5.74, 6) is 0. The van der Waals surface area contributed by atoms with Crippen molar-refractivity contribution in [2.45, 2.75) is 142 Å². The number of benzene rings is 2. The van der Waals surface area contributed by atoms with Crippen LogP contribution in [0.2, 0.25) is 0 Å². The van der Waals surface area contributed by atoms with Crippen LogP contribution in [0.1, 0.15) is 153 Å². The maximum atomic E-state index is 4.90. The van der Waals surface area contributed by atoms with Gasteiger partial charge in [-0.2, -0.15) is 10.2 Å². The van der Waals surface area contributed by atoms with Gasteiger partial charge < -0.3 is 0 Å². The van der Waals surface area contributed by atoms with Crippen molar-refractivity contribution in [1.82, 2.24) is 0 Å². The van der Waals surface area contributed by atoms with E-state index in [9.17, 15) is 0 Å². The molecule has 0 N–H and O–H groups in total. The molecule has 0 aliphatic carbocycles. The van der Waals surface area contributed by atoms with Crippen molar-refractivity contribution in [3.8, 4) is 0 Å². The molecule has 0 heterocycles. The Morgan fingerprint density at radius 2 is 0.684 bits per heavy atom. The van der Waals surface area contributed by atoms with Crippen LogP contribution in [0.15, 0.2) is 70.9 Å². The van der Waals surface area contributed by atoms with Crippen LogP contribution in [-0.4, -0.2) is 11.4 Å². The van der Waals surface area contributed by atoms with Crippen LogP contribution >= 0.6 is 0 Å². The van der Waals surface area contributed by atoms with Crippen molar-refractivity contribution in [1.29, 1.82) is 0 Å². The van der Waals surface area contributed by atoms with Gasteiger partial charge in [0, 0.05) is 0 Å². The molecule has 0 aromatic heterocycles. The highest BCUT2D eigenvalue weighted by molar-refractivity contribution is 6.03. The molecule has 2 heteroatoms. The Morgan fingerprint density at radius 1 is 0.395 bits per heavy atom. The fraction of sp³-hybridized carbons (Fsp3) is 0.611. The molecular formula is C36H56N2. The van der Waals surface area contributed by atoms with Gasteiger partial charge in [-0.25, -0.2) is 0 Å². The minimum absolute atomic E-state index is 1.00. The molecule has 0 unspecified atom stereocenters. The molecular weight excluding hydrogens is 460 g/mol. The molecule has 0 aliphatic heterocycles. The van der Waals surface area contributed by atoms with Crippen LogP contribution in [0.4, 0.5) is 0 Å². The number of rotatable bonds is 23. The van der Waals surface area contributed by atoms with Crippen molar-refractivity contribution in [2.24, 2.45) is 10.2 Å². The maximum Gasteiger partial charge on any atom is 0.0702 e. The first-order valence-electron chi connectivity index (χ1n) is 16.1. The highest BCUT2D eigenvalue weighted by Crippen LogP contribution is 2.16. The second-order valence-electron chi connectivity index (χ2n) is 11.0. The highest BCUT2D eigenvalue weighted by Gasteiger charge is 2.07. The van der Waals surface area contributed by atoms with Gasteiger partial charge in [-0.3, -0.25) is 0 Å². The SMILES string of the molecule is CCCCCCCCCCC/C(=N\N=C(/CCCCCCCCCCC)c1ccccc1)c1ccccc1. The molecule has 38 heavy (non-hydrogen) atoms. The van der Waals surface area contributed by atoms with Crippen LogP contribution in [-0.2, 0) is 0 Å². The molecule has 0 atom stereocenters. The van der Waals surface area contributed by atoms with E-state index in [4.69, 9.17) is 10.2 Å². The Kier molecular flexibility index (Phi) is 19.1. The van der Waals surface area contributed by atoms with E-state index in [-0.39, 0.29) is 0 Å². The third-order valence-corrected chi connectivity index (χ3v) is 7.54. The van der Waals surface area contributed by atoms with E-state index in [0.717, 1.165) is 24.3 Å². The molecule has 0 saturated heterocycles. The lowest BCUT2D eigenvalue weighted by atomic mass is 10.0. The molecule has 210 valence electrons. The first-order chi connectivity index (χ1) is 18.8. The molecule has 0 fully saturated rings. The van der Waals surface area contributed by atoms with E-state index in [0.29, 0.717) is 0 Å². The van der Waals surface area contributed by atoms with Gasteiger partial charge in [0.15, 0.2) is 0 Å². The number of nitrogens with zero attached hydrogens (tertiary/aromatic N) is 2. The first-order valence-corrected chi connectivity index (χ1v) is 16.1. The predicted molar refractivity (Wildman–Crippen MR) is 170 cm³/mol. The lowest BCUT2D eigenvalue weighted by Gasteiger charge is -2.08. The Bertz CT molecular complexity index is 780.